The molecular weight excluding hydrogens is 176 g/mol. The fraction of sp³-hybridized carbons (Fsp3) is 0.900. The van der Waals surface area contributed by atoms with Crippen LogP contribution in [-0.2, 0) is 0 Å². The van der Waals surface area contributed by atoms with Crippen LogP contribution in [0.1, 0.15) is 19.8 Å². The van der Waals surface area contributed by atoms with Crippen LogP contribution in [0.3, 0.4) is 0 Å². The van der Waals surface area contributed by atoms with Gasteiger partial charge < -0.3 is 16.0 Å². The van der Waals surface area contributed by atoms with Crippen molar-refractivity contribution in [2.45, 2.75) is 25.3 Å². The van der Waals surface area contributed by atoms with E-state index in [2.05, 4.69) is 22.1 Å². The minimum Gasteiger partial charge on any atom is -0.370 e. The van der Waals surface area contributed by atoms with E-state index in [-0.39, 0.29) is 5.54 Å². The predicted molar refractivity (Wildman–Crippen MR) is 58.6 cm³/mol. The monoisotopic (exact) mass is 196 g/mol. The molecule has 3 N–H and O–H groups in total. The topological polar surface area (TPSA) is 53.6 Å². The highest BCUT2D eigenvalue weighted by atomic mass is 15.2. The van der Waals surface area contributed by atoms with Gasteiger partial charge in [0.15, 0.2) is 0 Å². The Bertz CT molecular complexity index is 228. The van der Waals surface area contributed by atoms with Crippen molar-refractivity contribution in [1.82, 2.24) is 10.2 Å². The minimum atomic E-state index is -0.165. The van der Waals surface area contributed by atoms with Gasteiger partial charge in [0.1, 0.15) is 5.84 Å². The number of nitrogens with two attached hydrogens (primary N) is 1. The minimum absolute atomic E-state index is 0.165. The fourth-order valence-corrected chi connectivity index (χ4v) is 2.24. The lowest BCUT2D eigenvalue weighted by Crippen LogP contribution is -2.58. The summed E-state index contributed by atoms with van der Waals surface area (Å²) in [5.74, 6) is 1.05. The van der Waals surface area contributed by atoms with E-state index in [4.69, 9.17) is 5.73 Å². The summed E-state index contributed by atoms with van der Waals surface area (Å²) >= 11 is 0. The van der Waals surface area contributed by atoms with E-state index >= 15 is 0 Å². The zero-order valence-corrected chi connectivity index (χ0v) is 8.92. The second kappa shape index (κ2) is 3.87. The number of hydrogen-bond acceptors (Lipinski definition) is 4. The van der Waals surface area contributed by atoms with Crippen LogP contribution in [0.15, 0.2) is 4.99 Å². The number of nitrogens with zero attached hydrogens (tertiary/aromatic N) is 2. The molecule has 0 amide bonds. The van der Waals surface area contributed by atoms with E-state index in [0.717, 1.165) is 51.4 Å². The highest BCUT2D eigenvalue weighted by Crippen LogP contribution is 2.21. The van der Waals surface area contributed by atoms with E-state index < -0.39 is 0 Å². The van der Waals surface area contributed by atoms with Gasteiger partial charge >= 0.3 is 0 Å². The fourth-order valence-electron chi connectivity index (χ4n) is 2.24. The van der Waals surface area contributed by atoms with Crippen molar-refractivity contribution in [1.29, 1.82) is 0 Å². The van der Waals surface area contributed by atoms with Crippen LogP contribution in [0.2, 0.25) is 0 Å². The lowest BCUT2D eigenvalue weighted by atomic mass is 9.87. The molecule has 0 unspecified atom stereocenters. The summed E-state index contributed by atoms with van der Waals surface area (Å²) in [4.78, 5) is 6.89. The molecule has 80 valence electrons. The molecule has 4 nitrogen and oxygen atoms in total. The summed E-state index contributed by atoms with van der Waals surface area (Å²) in [6, 6.07) is 0. The summed E-state index contributed by atoms with van der Waals surface area (Å²) in [6.07, 6.45) is 2.07. The molecule has 0 atom stereocenters. The summed E-state index contributed by atoms with van der Waals surface area (Å²) in [6.45, 7) is 7.41. The van der Waals surface area contributed by atoms with Crippen LogP contribution in [0, 0.1) is 0 Å². The molecule has 0 saturated carbocycles. The van der Waals surface area contributed by atoms with E-state index in [1.807, 2.05) is 0 Å². The van der Waals surface area contributed by atoms with Gasteiger partial charge in [-0.15, -0.1) is 0 Å². The van der Waals surface area contributed by atoms with E-state index in [0.29, 0.717) is 0 Å². The van der Waals surface area contributed by atoms with Crippen molar-refractivity contribution >= 4 is 5.84 Å². The van der Waals surface area contributed by atoms with Crippen LogP contribution in [-0.4, -0.2) is 49.0 Å². The first-order valence-electron chi connectivity index (χ1n) is 5.54. The highest BCUT2D eigenvalue weighted by molar-refractivity contribution is 5.92. The Balaban J connectivity index is 1.97. The van der Waals surface area contributed by atoms with Crippen LogP contribution in [0.25, 0.3) is 0 Å². The van der Waals surface area contributed by atoms with Crippen LogP contribution in [0.5, 0.6) is 0 Å². The third-order valence-electron chi connectivity index (χ3n) is 3.34. The first-order chi connectivity index (χ1) is 6.74. The van der Waals surface area contributed by atoms with Gasteiger partial charge in [-0.3, -0.25) is 4.99 Å². The molecule has 0 aliphatic carbocycles. The van der Waals surface area contributed by atoms with E-state index in [1.165, 1.54) is 0 Å². The lowest BCUT2D eigenvalue weighted by molar-refractivity contribution is 0.201. The number of aliphatic imine (C=N–C) groups is 1. The number of likely N-dealkylation sites (tertiary alicyclic amines) is 1. The number of piperidine rings is 1. The van der Waals surface area contributed by atoms with Crippen LogP contribution in [0.4, 0.5) is 0 Å². The standard InChI is InChI=1S/C10H20N4/c1-2-14-7-3-10(11,4-8-14)9-12-5-6-13-9/h2-8,11H2,1H3,(H,12,13). The third-order valence-corrected chi connectivity index (χ3v) is 3.34. The van der Waals surface area contributed by atoms with Gasteiger partial charge in [0.05, 0.1) is 12.1 Å². The Kier molecular flexibility index (Phi) is 2.74. The van der Waals surface area contributed by atoms with Crippen molar-refractivity contribution in [3.63, 3.8) is 0 Å². The summed E-state index contributed by atoms with van der Waals surface area (Å²) in [5, 5.41) is 3.31. The maximum Gasteiger partial charge on any atom is 0.117 e. The summed E-state index contributed by atoms with van der Waals surface area (Å²) in [5.41, 5.74) is 6.20. The van der Waals surface area contributed by atoms with Gasteiger partial charge in [-0.25, -0.2) is 0 Å². The molecule has 0 bridgehead atoms. The molecule has 0 aromatic heterocycles. The molecule has 0 aromatic rings. The largest absolute Gasteiger partial charge is 0.370 e. The molecule has 4 heteroatoms. The van der Waals surface area contributed by atoms with Gasteiger partial charge in [-0.05, 0) is 19.4 Å². The third kappa shape index (κ3) is 1.77. The van der Waals surface area contributed by atoms with Crippen molar-refractivity contribution in [2.75, 3.05) is 32.7 Å². The van der Waals surface area contributed by atoms with Gasteiger partial charge in [-0.1, -0.05) is 6.92 Å². The molecule has 14 heavy (non-hydrogen) atoms. The highest BCUT2D eigenvalue weighted by Gasteiger charge is 2.36. The Morgan fingerprint density at radius 2 is 2.21 bits per heavy atom. The molecule has 2 aliphatic heterocycles. The van der Waals surface area contributed by atoms with Gasteiger partial charge in [-0.2, -0.15) is 0 Å². The Labute approximate surface area is 85.6 Å². The molecule has 1 fully saturated rings. The van der Waals surface area contributed by atoms with Crippen LogP contribution < -0.4 is 11.1 Å². The normalized spacial score (nSPS) is 27.1. The number of amidine groups is 1. The first kappa shape index (κ1) is 9.93. The number of nitrogens with one attached hydrogen (secondary N) is 1. The van der Waals surface area contributed by atoms with Crippen molar-refractivity contribution in [3.8, 4) is 0 Å². The molecule has 2 aliphatic rings. The molecule has 0 radical (unpaired) electrons. The Hall–Kier alpha value is -0.610. The average Bonchev–Trinajstić information content (AvgIpc) is 2.72. The van der Waals surface area contributed by atoms with Gasteiger partial charge in [0.25, 0.3) is 0 Å². The zero-order chi connectivity index (χ0) is 10.0. The second-order valence-corrected chi connectivity index (χ2v) is 4.25. The molecular formula is C10H20N4. The van der Waals surface area contributed by atoms with Crippen molar-refractivity contribution < 1.29 is 0 Å². The molecule has 2 heterocycles. The molecule has 1 saturated heterocycles. The van der Waals surface area contributed by atoms with Gasteiger partial charge in [0.2, 0.25) is 0 Å². The number of hydrogen-bond donors (Lipinski definition) is 2. The zero-order valence-electron chi connectivity index (χ0n) is 8.92. The maximum absolute atomic E-state index is 6.36. The van der Waals surface area contributed by atoms with Gasteiger partial charge in [0, 0.05) is 19.6 Å². The molecule has 2 rings (SSSR count). The van der Waals surface area contributed by atoms with E-state index in [1.54, 1.807) is 0 Å². The maximum atomic E-state index is 6.36. The Morgan fingerprint density at radius 3 is 2.71 bits per heavy atom. The number of rotatable bonds is 2. The Morgan fingerprint density at radius 1 is 1.50 bits per heavy atom. The smallest absolute Gasteiger partial charge is 0.117 e. The van der Waals surface area contributed by atoms with Crippen molar-refractivity contribution in [3.05, 3.63) is 0 Å². The first-order valence-corrected chi connectivity index (χ1v) is 5.54. The summed E-state index contributed by atoms with van der Waals surface area (Å²) < 4.78 is 0. The average molecular weight is 196 g/mol. The predicted octanol–water partition coefficient (Wildman–Crippen LogP) is -0.199. The molecule has 0 aromatic carbocycles. The van der Waals surface area contributed by atoms with Crippen LogP contribution >= 0.6 is 0 Å². The second-order valence-electron chi connectivity index (χ2n) is 4.25. The van der Waals surface area contributed by atoms with E-state index in [9.17, 15) is 0 Å². The lowest BCUT2D eigenvalue weighted by Gasteiger charge is -2.38. The quantitative estimate of drug-likeness (QED) is 0.643. The summed E-state index contributed by atoms with van der Waals surface area (Å²) in [7, 11) is 0. The molecule has 0 spiro atoms. The SMILES string of the molecule is CCN1CCC(N)(C2=NCCN2)CC1. The van der Waals surface area contributed by atoms with Crippen molar-refractivity contribution in [2.24, 2.45) is 10.7 Å².